The van der Waals surface area contributed by atoms with Crippen LogP contribution >= 0.6 is 0 Å². The van der Waals surface area contributed by atoms with Crippen molar-refractivity contribution in [2.75, 3.05) is 19.8 Å². The van der Waals surface area contributed by atoms with Gasteiger partial charge in [-0.15, -0.1) is 0 Å². The zero-order valence-electron chi connectivity index (χ0n) is 9.54. The summed E-state index contributed by atoms with van der Waals surface area (Å²) in [4.78, 5) is 0.852. The molecule has 0 aromatic rings. The molecule has 6 N–H and O–H groups in total. The van der Waals surface area contributed by atoms with E-state index < -0.39 is 31.0 Å². The van der Waals surface area contributed by atoms with Gasteiger partial charge in [-0.2, -0.15) is 0 Å². The van der Waals surface area contributed by atoms with E-state index in [4.69, 9.17) is 20.4 Å². The van der Waals surface area contributed by atoms with Gasteiger partial charge in [0.15, 0.2) is 12.0 Å². The molecule has 0 saturated carbocycles. The van der Waals surface area contributed by atoms with Crippen LogP contribution in [0.3, 0.4) is 0 Å². The summed E-state index contributed by atoms with van der Waals surface area (Å²) < 4.78 is 0. The first-order chi connectivity index (χ1) is 7.26. The molecule has 0 aromatic carbocycles. The molecule has 0 aliphatic carbocycles. The van der Waals surface area contributed by atoms with Gasteiger partial charge in [-0.25, -0.2) is 4.90 Å². The molecule has 98 valence electrons. The van der Waals surface area contributed by atoms with Gasteiger partial charge in [0.25, 0.3) is 0 Å². The first-order valence-corrected chi connectivity index (χ1v) is 5.06. The first kappa shape index (κ1) is 15.7. The zero-order valence-corrected chi connectivity index (χ0v) is 9.54. The Morgan fingerprint density at radius 1 is 1.12 bits per heavy atom. The minimum Gasteiger partial charge on any atom is -0.392 e. The highest BCUT2D eigenvalue weighted by Gasteiger charge is 2.47. The Hall–Kier alpha value is -0.280. The first-order valence-electron chi connectivity index (χ1n) is 5.06. The summed E-state index contributed by atoms with van der Waals surface area (Å²) in [6, 6.07) is 0. The molecule has 0 radical (unpaired) electrons. The van der Waals surface area contributed by atoms with Crippen LogP contribution in [0, 0.1) is 0 Å². The molecule has 16 heavy (non-hydrogen) atoms. The zero-order chi connectivity index (χ0) is 13.0. The number of rotatable bonds is 7. The van der Waals surface area contributed by atoms with Gasteiger partial charge < -0.3 is 30.6 Å². The average molecular weight is 239 g/mol. The van der Waals surface area contributed by atoms with E-state index in [1.54, 1.807) is 6.92 Å². The summed E-state index contributed by atoms with van der Waals surface area (Å²) in [6.45, 7) is 1.30. The predicted octanol–water partition coefficient (Wildman–Crippen LogP) is -2.61. The molecule has 2 atom stereocenters. The second kappa shape index (κ2) is 5.87. The van der Waals surface area contributed by atoms with E-state index in [2.05, 4.69) is 0 Å². The molecule has 0 bridgehead atoms. The molecule has 0 aliphatic rings. The highest BCUT2D eigenvalue weighted by Crippen LogP contribution is 2.24. The molecule has 0 aliphatic heterocycles. The topological polar surface area (TPSA) is 125 Å². The third-order valence-electron chi connectivity index (χ3n) is 2.44. The van der Waals surface area contributed by atoms with E-state index >= 15 is 0 Å². The molecular weight excluding hydrogens is 218 g/mol. The van der Waals surface area contributed by atoms with Crippen LogP contribution < -0.4 is 0 Å². The molecule has 0 fully saturated rings. The normalized spacial score (nSPS) is 19.9. The Morgan fingerprint density at radius 3 is 1.88 bits per heavy atom. The van der Waals surface area contributed by atoms with Gasteiger partial charge in [0, 0.05) is 6.54 Å². The van der Waals surface area contributed by atoms with Crippen molar-refractivity contribution in [3.8, 4) is 0 Å². The van der Waals surface area contributed by atoms with Crippen molar-refractivity contribution in [3.05, 3.63) is 0 Å². The van der Waals surface area contributed by atoms with Gasteiger partial charge in [-0.3, -0.25) is 0 Å². The SMILES string of the molecule is CCCN(C(C)(O)CO)C(O)(CO)C(O)O. The lowest BCUT2D eigenvalue weighted by atomic mass is 10.1. The maximum absolute atomic E-state index is 9.86. The molecule has 2 unspecified atom stereocenters. The van der Waals surface area contributed by atoms with Crippen molar-refractivity contribution >= 4 is 0 Å². The summed E-state index contributed by atoms with van der Waals surface area (Å²) in [5.74, 6) is 0. The summed E-state index contributed by atoms with van der Waals surface area (Å²) in [6.07, 6.45) is -1.78. The van der Waals surface area contributed by atoms with Crippen molar-refractivity contribution in [2.24, 2.45) is 0 Å². The fourth-order valence-electron chi connectivity index (χ4n) is 1.47. The number of aliphatic hydroxyl groups excluding tert-OH is 3. The van der Waals surface area contributed by atoms with Crippen LogP contribution in [-0.4, -0.2) is 73.0 Å². The van der Waals surface area contributed by atoms with Gasteiger partial charge in [0.05, 0.1) is 13.2 Å². The van der Waals surface area contributed by atoms with Crippen LogP contribution in [0.5, 0.6) is 0 Å². The third kappa shape index (κ3) is 3.11. The van der Waals surface area contributed by atoms with E-state index in [0.29, 0.717) is 6.42 Å². The fraction of sp³-hybridized carbons (Fsp3) is 1.00. The largest absolute Gasteiger partial charge is 0.392 e. The highest BCUT2D eigenvalue weighted by atomic mass is 16.5. The van der Waals surface area contributed by atoms with Crippen molar-refractivity contribution in [1.82, 2.24) is 4.90 Å². The molecule has 0 spiro atoms. The van der Waals surface area contributed by atoms with Crippen LogP contribution in [0.15, 0.2) is 0 Å². The Morgan fingerprint density at radius 2 is 1.62 bits per heavy atom. The molecular formula is C9H21NO6. The van der Waals surface area contributed by atoms with E-state index in [-0.39, 0.29) is 6.54 Å². The predicted molar refractivity (Wildman–Crippen MR) is 55.0 cm³/mol. The quantitative estimate of drug-likeness (QED) is 0.269. The molecule has 7 nitrogen and oxygen atoms in total. The van der Waals surface area contributed by atoms with Gasteiger partial charge in [0.1, 0.15) is 5.72 Å². The standard InChI is InChI=1S/C9H21NO6/c1-3-4-10(8(2,15)5-11)9(16,6-12)7(13)14/h7,11-16H,3-6H2,1-2H3. The highest BCUT2D eigenvalue weighted by molar-refractivity contribution is 4.88. The van der Waals surface area contributed by atoms with Gasteiger partial charge >= 0.3 is 0 Å². The Labute approximate surface area is 94.2 Å². The van der Waals surface area contributed by atoms with Crippen molar-refractivity contribution < 1.29 is 30.6 Å². The fourth-order valence-corrected chi connectivity index (χ4v) is 1.47. The summed E-state index contributed by atoms with van der Waals surface area (Å²) in [5.41, 5.74) is -4.28. The van der Waals surface area contributed by atoms with Gasteiger partial charge in [0.2, 0.25) is 0 Å². The monoisotopic (exact) mass is 239 g/mol. The average Bonchev–Trinajstić information content (AvgIpc) is 2.24. The van der Waals surface area contributed by atoms with Crippen LogP contribution in [0.4, 0.5) is 0 Å². The maximum Gasteiger partial charge on any atom is 0.198 e. The van der Waals surface area contributed by atoms with Crippen LogP contribution in [0.1, 0.15) is 20.3 Å². The number of hydrogen-bond acceptors (Lipinski definition) is 7. The van der Waals surface area contributed by atoms with Crippen LogP contribution in [0.2, 0.25) is 0 Å². The Balaban J connectivity index is 5.16. The lowest BCUT2D eigenvalue weighted by molar-refractivity contribution is -0.318. The van der Waals surface area contributed by atoms with Crippen LogP contribution in [-0.2, 0) is 0 Å². The number of aliphatic hydroxyl groups is 6. The maximum atomic E-state index is 9.86. The minimum absolute atomic E-state index is 0.0717. The van der Waals surface area contributed by atoms with Crippen molar-refractivity contribution in [2.45, 2.75) is 38.0 Å². The summed E-state index contributed by atoms with van der Waals surface area (Å²) >= 11 is 0. The lowest BCUT2D eigenvalue weighted by Crippen LogP contribution is -2.68. The minimum atomic E-state index is -2.41. The smallest absolute Gasteiger partial charge is 0.198 e. The van der Waals surface area contributed by atoms with E-state index in [0.717, 1.165) is 4.90 Å². The number of nitrogens with zero attached hydrogens (tertiary/aromatic N) is 1. The van der Waals surface area contributed by atoms with Crippen molar-refractivity contribution in [1.29, 1.82) is 0 Å². The van der Waals surface area contributed by atoms with Crippen LogP contribution in [0.25, 0.3) is 0 Å². The molecule has 0 amide bonds. The second-order valence-corrected chi connectivity index (χ2v) is 3.94. The number of hydrogen-bond donors (Lipinski definition) is 6. The Kier molecular flexibility index (Phi) is 5.77. The third-order valence-corrected chi connectivity index (χ3v) is 2.44. The molecule has 0 heterocycles. The summed E-state index contributed by atoms with van der Waals surface area (Å²) in [7, 11) is 0. The van der Waals surface area contributed by atoms with E-state index in [1.807, 2.05) is 0 Å². The lowest BCUT2D eigenvalue weighted by Gasteiger charge is -2.46. The summed E-state index contributed by atoms with van der Waals surface area (Å²) in [5, 5.41) is 55.7. The van der Waals surface area contributed by atoms with E-state index in [1.165, 1.54) is 6.92 Å². The molecule has 0 aromatic heterocycles. The van der Waals surface area contributed by atoms with Gasteiger partial charge in [-0.05, 0) is 13.3 Å². The molecule has 7 heteroatoms. The molecule has 0 rings (SSSR count). The second-order valence-electron chi connectivity index (χ2n) is 3.94. The van der Waals surface area contributed by atoms with E-state index in [9.17, 15) is 10.2 Å². The Bertz CT molecular complexity index is 210. The molecule has 0 saturated heterocycles. The van der Waals surface area contributed by atoms with Crippen molar-refractivity contribution in [3.63, 3.8) is 0 Å². The van der Waals surface area contributed by atoms with Gasteiger partial charge in [-0.1, -0.05) is 6.92 Å².